The van der Waals surface area contributed by atoms with Gasteiger partial charge in [-0.15, -0.1) is 0 Å². The van der Waals surface area contributed by atoms with Crippen LogP contribution in [0.4, 0.5) is 0 Å². The largest absolute Gasteiger partial charge is 0.343 e. The van der Waals surface area contributed by atoms with Crippen LogP contribution in [-0.4, -0.2) is 47.8 Å². The summed E-state index contributed by atoms with van der Waals surface area (Å²) in [6.45, 7) is 5.41. The van der Waals surface area contributed by atoms with E-state index < -0.39 is 0 Å². The molecule has 4 heteroatoms. The summed E-state index contributed by atoms with van der Waals surface area (Å²) in [7, 11) is 0. The first-order chi connectivity index (χ1) is 15.1. The van der Waals surface area contributed by atoms with Crippen molar-refractivity contribution in [1.29, 1.82) is 0 Å². The molecule has 0 aliphatic carbocycles. The minimum Gasteiger partial charge on any atom is -0.343 e. The van der Waals surface area contributed by atoms with Gasteiger partial charge in [-0.2, -0.15) is 0 Å². The molecular formula is C27H34N2O2. The van der Waals surface area contributed by atoms with Gasteiger partial charge in [0.15, 0.2) is 0 Å². The van der Waals surface area contributed by atoms with E-state index in [1.54, 1.807) is 0 Å². The summed E-state index contributed by atoms with van der Waals surface area (Å²) >= 11 is 0. The van der Waals surface area contributed by atoms with Crippen molar-refractivity contribution in [2.24, 2.45) is 11.8 Å². The van der Waals surface area contributed by atoms with Crippen LogP contribution in [0.25, 0.3) is 0 Å². The third kappa shape index (κ3) is 5.36. The van der Waals surface area contributed by atoms with E-state index in [1.165, 1.54) is 17.5 Å². The summed E-state index contributed by atoms with van der Waals surface area (Å²) in [5.74, 6) is 1.24. The van der Waals surface area contributed by atoms with Gasteiger partial charge in [0.2, 0.25) is 11.8 Å². The summed E-state index contributed by atoms with van der Waals surface area (Å²) in [5.41, 5.74) is 2.35. The zero-order chi connectivity index (χ0) is 21.6. The molecule has 0 N–H and O–H groups in total. The Morgan fingerprint density at radius 1 is 0.839 bits per heavy atom. The van der Waals surface area contributed by atoms with Crippen LogP contribution in [-0.2, 0) is 9.59 Å². The molecule has 1 unspecified atom stereocenters. The summed E-state index contributed by atoms with van der Waals surface area (Å²) in [6.07, 6.45) is 4.38. The minimum absolute atomic E-state index is 0.0593. The lowest BCUT2D eigenvalue weighted by Gasteiger charge is -2.37. The number of nitrogens with zero attached hydrogens (tertiary/aromatic N) is 2. The number of piperidine rings is 2. The monoisotopic (exact) mass is 418 g/mol. The summed E-state index contributed by atoms with van der Waals surface area (Å²) in [5, 5.41) is 0. The Labute approximate surface area is 186 Å². The Kier molecular flexibility index (Phi) is 7.06. The molecule has 164 valence electrons. The van der Waals surface area contributed by atoms with Crippen LogP contribution in [0, 0.1) is 11.8 Å². The molecule has 2 aromatic carbocycles. The van der Waals surface area contributed by atoms with E-state index in [0.29, 0.717) is 31.3 Å². The van der Waals surface area contributed by atoms with E-state index in [2.05, 4.69) is 36.1 Å². The molecule has 2 aliphatic rings. The fourth-order valence-corrected chi connectivity index (χ4v) is 5.13. The zero-order valence-corrected chi connectivity index (χ0v) is 18.6. The molecular weight excluding hydrogens is 384 g/mol. The van der Waals surface area contributed by atoms with Crippen molar-refractivity contribution in [2.45, 2.75) is 44.9 Å². The predicted molar refractivity (Wildman–Crippen MR) is 124 cm³/mol. The lowest BCUT2D eigenvalue weighted by atomic mass is 9.87. The number of hydrogen-bond acceptors (Lipinski definition) is 2. The lowest BCUT2D eigenvalue weighted by molar-refractivity contribution is -0.142. The number of carbonyl (C=O) groups excluding carboxylic acids is 2. The Morgan fingerprint density at radius 2 is 1.42 bits per heavy atom. The molecule has 0 saturated carbocycles. The Hall–Kier alpha value is -2.62. The molecule has 2 saturated heterocycles. The van der Waals surface area contributed by atoms with Gasteiger partial charge >= 0.3 is 0 Å². The molecule has 2 fully saturated rings. The number of likely N-dealkylation sites (tertiary alicyclic amines) is 2. The second kappa shape index (κ2) is 10.1. The van der Waals surface area contributed by atoms with Crippen molar-refractivity contribution < 1.29 is 9.59 Å². The van der Waals surface area contributed by atoms with Crippen molar-refractivity contribution in [3.8, 4) is 0 Å². The van der Waals surface area contributed by atoms with Crippen LogP contribution in [0.1, 0.15) is 56.1 Å². The average Bonchev–Trinajstić information content (AvgIpc) is 2.83. The van der Waals surface area contributed by atoms with Crippen molar-refractivity contribution in [3.05, 3.63) is 71.8 Å². The number of rotatable bonds is 5. The van der Waals surface area contributed by atoms with Crippen LogP contribution < -0.4 is 0 Å². The number of hydrogen-bond donors (Lipinski definition) is 0. The first-order valence-corrected chi connectivity index (χ1v) is 11.8. The van der Waals surface area contributed by atoms with E-state index >= 15 is 0 Å². The van der Waals surface area contributed by atoms with Gasteiger partial charge in [-0.05, 0) is 42.7 Å². The maximum absolute atomic E-state index is 13.2. The van der Waals surface area contributed by atoms with E-state index in [0.717, 1.165) is 32.4 Å². The molecule has 2 amide bonds. The molecule has 31 heavy (non-hydrogen) atoms. The third-order valence-electron chi connectivity index (χ3n) is 6.95. The summed E-state index contributed by atoms with van der Waals surface area (Å²) in [4.78, 5) is 30.2. The normalized spacial score (nSPS) is 20.1. The zero-order valence-electron chi connectivity index (χ0n) is 18.6. The van der Waals surface area contributed by atoms with Crippen LogP contribution in [0.15, 0.2) is 60.7 Å². The fraction of sp³-hybridized carbons (Fsp3) is 0.481. The van der Waals surface area contributed by atoms with E-state index in [9.17, 15) is 9.59 Å². The lowest BCUT2D eigenvalue weighted by Crippen LogP contribution is -2.47. The molecule has 0 bridgehead atoms. The number of carbonyl (C=O) groups is 2. The molecule has 2 aliphatic heterocycles. The maximum Gasteiger partial charge on any atom is 0.225 e. The van der Waals surface area contributed by atoms with Crippen LogP contribution in [0.3, 0.4) is 0 Å². The van der Waals surface area contributed by atoms with Gasteiger partial charge in [-0.3, -0.25) is 9.59 Å². The minimum atomic E-state index is 0.0593. The molecule has 4 nitrogen and oxygen atoms in total. The van der Waals surface area contributed by atoms with Gasteiger partial charge in [-0.1, -0.05) is 67.6 Å². The van der Waals surface area contributed by atoms with Gasteiger partial charge < -0.3 is 9.80 Å². The Morgan fingerprint density at radius 3 is 1.97 bits per heavy atom. The van der Waals surface area contributed by atoms with Crippen LogP contribution in [0.5, 0.6) is 0 Å². The quantitative estimate of drug-likeness (QED) is 0.706. The van der Waals surface area contributed by atoms with Crippen molar-refractivity contribution in [2.75, 3.05) is 26.2 Å². The van der Waals surface area contributed by atoms with Crippen molar-refractivity contribution >= 4 is 11.8 Å². The van der Waals surface area contributed by atoms with Gasteiger partial charge in [0, 0.05) is 44.4 Å². The SMILES string of the molecule is CC1CCCN(C(=O)C2CCN(C(=O)CC(c3ccccc3)c3ccccc3)CC2)C1. The first-order valence-electron chi connectivity index (χ1n) is 11.8. The van der Waals surface area contributed by atoms with Crippen molar-refractivity contribution in [3.63, 3.8) is 0 Å². The Bertz CT molecular complexity index is 820. The number of amides is 2. The average molecular weight is 419 g/mol. The second-order valence-electron chi connectivity index (χ2n) is 9.26. The molecule has 1 atom stereocenters. The van der Waals surface area contributed by atoms with E-state index in [4.69, 9.17) is 0 Å². The van der Waals surface area contributed by atoms with E-state index in [1.807, 2.05) is 41.3 Å². The maximum atomic E-state index is 13.2. The fourth-order valence-electron chi connectivity index (χ4n) is 5.13. The Balaban J connectivity index is 1.37. The highest BCUT2D eigenvalue weighted by Gasteiger charge is 2.32. The predicted octanol–water partition coefficient (Wildman–Crippen LogP) is 4.71. The molecule has 0 spiro atoms. The highest BCUT2D eigenvalue weighted by atomic mass is 16.2. The van der Waals surface area contributed by atoms with E-state index in [-0.39, 0.29) is 17.7 Å². The molecule has 4 rings (SSSR count). The van der Waals surface area contributed by atoms with Gasteiger partial charge in [0.05, 0.1) is 0 Å². The summed E-state index contributed by atoms with van der Waals surface area (Å²) < 4.78 is 0. The number of benzene rings is 2. The third-order valence-corrected chi connectivity index (χ3v) is 6.95. The highest BCUT2D eigenvalue weighted by Crippen LogP contribution is 2.30. The first kappa shape index (κ1) is 21.6. The molecule has 0 radical (unpaired) electrons. The van der Waals surface area contributed by atoms with Gasteiger partial charge in [-0.25, -0.2) is 0 Å². The second-order valence-corrected chi connectivity index (χ2v) is 9.26. The van der Waals surface area contributed by atoms with Crippen LogP contribution in [0.2, 0.25) is 0 Å². The molecule has 2 aromatic rings. The molecule has 0 aromatic heterocycles. The standard InChI is InChI=1S/C27H34N2O2/c1-21-9-8-16-29(20-21)27(31)24-14-17-28(18-15-24)26(30)19-25(22-10-4-2-5-11-22)23-12-6-3-7-13-23/h2-7,10-13,21,24-25H,8-9,14-20H2,1H3. The van der Waals surface area contributed by atoms with Gasteiger partial charge in [0.25, 0.3) is 0 Å². The van der Waals surface area contributed by atoms with Gasteiger partial charge in [0.1, 0.15) is 0 Å². The van der Waals surface area contributed by atoms with Crippen molar-refractivity contribution in [1.82, 2.24) is 9.80 Å². The highest BCUT2D eigenvalue weighted by molar-refractivity contribution is 5.81. The topological polar surface area (TPSA) is 40.6 Å². The van der Waals surface area contributed by atoms with Crippen LogP contribution >= 0.6 is 0 Å². The smallest absolute Gasteiger partial charge is 0.225 e. The summed E-state index contributed by atoms with van der Waals surface area (Å²) in [6, 6.07) is 20.6. The molecule has 2 heterocycles.